The molecule has 0 saturated heterocycles. The predicted octanol–water partition coefficient (Wildman–Crippen LogP) is 7.96. The first-order valence-corrected chi connectivity index (χ1v) is 20.5. The Kier molecular flexibility index (Phi) is 11.2. The number of carbonyl (C=O) groups is 1. The van der Waals surface area contributed by atoms with Gasteiger partial charge < -0.3 is 10.1 Å². The minimum absolute atomic E-state index is 0.0304. The SMILES string of the molecule is COc1cc(N=Nc2cccc(S(=O)(=O)O)c2)ccc1N=Nc1ccc(N/N=C2\C(=O)c3cc(Nc4cccc(S(=O)(=O)O)c4)ccc3C=C2S(=O)(=O)O)cc1C. The van der Waals surface area contributed by atoms with Crippen molar-refractivity contribution in [3.63, 3.8) is 0 Å². The van der Waals surface area contributed by atoms with Crippen LogP contribution in [0.3, 0.4) is 0 Å². The van der Waals surface area contributed by atoms with Crippen molar-refractivity contribution in [2.24, 2.45) is 25.6 Å². The topological polar surface area (TPSA) is 275 Å². The van der Waals surface area contributed by atoms with Crippen LogP contribution in [0, 0.1) is 6.92 Å². The fraction of sp³-hybridized carbons (Fsp3) is 0.0556. The summed E-state index contributed by atoms with van der Waals surface area (Å²) in [5.74, 6) is -0.540. The lowest BCUT2D eigenvalue weighted by Crippen LogP contribution is -2.27. The van der Waals surface area contributed by atoms with Crippen LogP contribution < -0.4 is 15.5 Å². The molecule has 0 bridgehead atoms. The molecule has 0 atom stereocenters. The number of aryl methyl sites for hydroxylation is 1. The maximum atomic E-state index is 13.6. The molecule has 0 amide bonds. The molecule has 0 aromatic heterocycles. The third-order valence-corrected chi connectivity index (χ3v) is 10.6. The Morgan fingerprint density at radius 3 is 1.89 bits per heavy atom. The molecule has 0 fully saturated rings. The smallest absolute Gasteiger partial charge is 0.296 e. The molecule has 0 saturated carbocycles. The van der Waals surface area contributed by atoms with Crippen molar-refractivity contribution < 1.29 is 48.4 Å². The highest BCUT2D eigenvalue weighted by molar-refractivity contribution is 7.91. The second-order valence-electron chi connectivity index (χ2n) is 12.0. The Labute approximate surface area is 325 Å². The van der Waals surface area contributed by atoms with E-state index in [0.717, 1.165) is 12.1 Å². The number of methoxy groups -OCH3 is 1. The number of hydrazone groups is 1. The van der Waals surface area contributed by atoms with Gasteiger partial charge in [-0.15, -0.1) is 5.11 Å². The van der Waals surface area contributed by atoms with Gasteiger partial charge in [-0.1, -0.05) is 18.2 Å². The molecular weight excluding hydrogens is 803 g/mol. The number of allylic oxidation sites excluding steroid dienone is 1. The normalized spacial score (nSPS) is 14.2. The summed E-state index contributed by atoms with van der Waals surface area (Å²) in [6.07, 6.45) is 1.10. The number of ketones is 1. The van der Waals surface area contributed by atoms with Crippen LogP contribution in [0.5, 0.6) is 5.75 Å². The van der Waals surface area contributed by atoms with Gasteiger partial charge in [-0.05, 0) is 103 Å². The molecule has 0 radical (unpaired) electrons. The van der Waals surface area contributed by atoms with Gasteiger partial charge in [-0.3, -0.25) is 23.9 Å². The van der Waals surface area contributed by atoms with E-state index in [1.165, 1.54) is 73.8 Å². The number of hydrogen-bond donors (Lipinski definition) is 5. The zero-order valence-electron chi connectivity index (χ0n) is 29.5. The molecule has 1 aliphatic carbocycles. The molecule has 292 valence electrons. The molecule has 57 heavy (non-hydrogen) atoms. The molecule has 18 nitrogen and oxygen atoms in total. The van der Waals surface area contributed by atoms with Crippen LogP contribution in [-0.4, -0.2) is 57.5 Å². The number of rotatable bonds is 12. The molecule has 0 heterocycles. The number of fused-ring (bicyclic) bond motifs is 1. The molecule has 0 aliphatic heterocycles. The lowest BCUT2D eigenvalue weighted by atomic mass is 9.94. The van der Waals surface area contributed by atoms with E-state index < -0.39 is 46.8 Å². The van der Waals surface area contributed by atoms with Crippen molar-refractivity contribution in [1.29, 1.82) is 0 Å². The highest BCUT2D eigenvalue weighted by Gasteiger charge is 2.33. The average Bonchev–Trinajstić information content (AvgIpc) is 3.16. The first-order chi connectivity index (χ1) is 26.9. The fourth-order valence-electron chi connectivity index (χ4n) is 5.31. The highest BCUT2D eigenvalue weighted by Crippen LogP contribution is 2.35. The van der Waals surface area contributed by atoms with E-state index in [1.54, 1.807) is 37.3 Å². The lowest BCUT2D eigenvalue weighted by molar-refractivity contribution is 0.106. The van der Waals surface area contributed by atoms with E-state index in [0.29, 0.717) is 39.7 Å². The minimum atomic E-state index is -4.92. The maximum Gasteiger partial charge on any atom is 0.296 e. The summed E-state index contributed by atoms with van der Waals surface area (Å²) in [6.45, 7) is 1.72. The van der Waals surface area contributed by atoms with Crippen molar-refractivity contribution in [1.82, 2.24) is 0 Å². The summed E-state index contributed by atoms with van der Waals surface area (Å²) in [7, 11) is -12.4. The monoisotopic (exact) mass is 831 g/mol. The maximum absolute atomic E-state index is 13.6. The quantitative estimate of drug-likeness (QED) is 0.0454. The standard InChI is InChI=1S/C36H29N7O11S3/c1-21-15-26(11-13-31(21)41-42-32-14-12-27(20-33(32)54-2)39-38-25-6-4-8-29(18-25)56(48,49)50)40-43-35-34(57(51,52)53)16-22-9-10-24(19-30(22)36(35)44)37-23-5-3-7-28(17-23)55(45,46)47/h3-20,37,40H,1-2H3,(H,45,46,47)(H,48,49,50)(H,51,52,53)/b39-38?,42-41?,43-35-. The van der Waals surface area contributed by atoms with Gasteiger partial charge in [-0.25, -0.2) is 0 Å². The van der Waals surface area contributed by atoms with Crippen LogP contribution in [0.15, 0.2) is 143 Å². The number of nitrogens with zero attached hydrogens (tertiary/aromatic N) is 5. The summed E-state index contributed by atoms with van der Waals surface area (Å²) in [5.41, 5.74) is 5.10. The largest absolute Gasteiger partial charge is 0.494 e. The summed E-state index contributed by atoms with van der Waals surface area (Å²) in [5, 5.41) is 23.6. The van der Waals surface area contributed by atoms with Crippen molar-refractivity contribution in [2.75, 3.05) is 17.9 Å². The molecule has 6 rings (SSSR count). The number of benzene rings is 5. The van der Waals surface area contributed by atoms with E-state index in [1.807, 2.05) is 0 Å². The van der Waals surface area contributed by atoms with Crippen molar-refractivity contribution in [3.05, 3.63) is 125 Å². The van der Waals surface area contributed by atoms with Gasteiger partial charge in [0, 0.05) is 23.0 Å². The molecule has 0 unspecified atom stereocenters. The Bertz CT molecular complexity index is 2910. The van der Waals surface area contributed by atoms with Crippen molar-refractivity contribution >= 4 is 87.7 Å². The first-order valence-electron chi connectivity index (χ1n) is 16.2. The van der Waals surface area contributed by atoms with E-state index in [2.05, 4.69) is 36.3 Å². The molecule has 21 heteroatoms. The number of azo groups is 2. The van der Waals surface area contributed by atoms with Crippen LogP contribution in [0.1, 0.15) is 21.5 Å². The highest BCUT2D eigenvalue weighted by atomic mass is 32.2. The van der Waals surface area contributed by atoms with Crippen LogP contribution in [-0.2, 0) is 30.4 Å². The van der Waals surface area contributed by atoms with Crippen LogP contribution in [0.2, 0.25) is 0 Å². The predicted molar refractivity (Wildman–Crippen MR) is 210 cm³/mol. The molecule has 5 aromatic carbocycles. The van der Waals surface area contributed by atoms with Gasteiger partial charge in [0.15, 0.2) is 5.71 Å². The van der Waals surface area contributed by atoms with Gasteiger partial charge in [-0.2, -0.15) is 45.7 Å². The number of hydrogen-bond acceptors (Lipinski definition) is 15. The average molecular weight is 832 g/mol. The van der Waals surface area contributed by atoms with E-state index in [4.69, 9.17) is 4.74 Å². The summed E-state index contributed by atoms with van der Waals surface area (Å²) in [4.78, 5) is 12.2. The first kappa shape index (κ1) is 40.2. The van der Waals surface area contributed by atoms with Gasteiger partial charge in [0.1, 0.15) is 16.3 Å². The fourth-order valence-corrected chi connectivity index (χ4v) is 7.01. The van der Waals surface area contributed by atoms with Gasteiger partial charge in [0.25, 0.3) is 30.4 Å². The number of nitrogens with one attached hydrogen (secondary N) is 2. The summed E-state index contributed by atoms with van der Waals surface area (Å²) < 4.78 is 105. The zero-order valence-corrected chi connectivity index (χ0v) is 31.9. The van der Waals surface area contributed by atoms with Gasteiger partial charge in [0.2, 0.25) is 5.78 Å². The number of Topliss-reactive ketones (excluding diaryl/α,β-unsaturated/α-hetero) is 1. The second kappa shape index (κ2) is 15.9. The van der Waals surface area contributed by atoms with Crippen LogP contribution in [0.25, 0.3) is 6.08 Å². The van der Waals surface area contributed by atoms with E-state index in [9.17, 15) is 43.7 Å². The third-order valence-electron chi connectivity index (χ3n) is 8.05. The lowest BCUT2D eigenvalue weighted by Gasteiger charge is -2.18. The molecule has 5 aromatic rings. The molecule has 5 N–H and O–H groups in total. The van der Waals surface area contributed by atoms with Crippen molar-refractivity contribution in [2.45, 2.75) is 16.7 Å². The zero-order chi connectivity index (χ0) is 41.1. The van der Waals surface area contributed by atoms with Gasteiger partial charge in [0.05, 0.1) is 39.7 Å². The van der Waals surface area contributed by atoms with Gasteiger partial charge >= 0.3 is 0 Å². The van der Waals surface area contributed by atoms with E-state index in [-0.39, 0.29) is 32.3 Å². The van der Waals surface area contributed by atoms with Crippen LogP contribution in [0.4, 0.5) is 39.8 Å². The number of anilines is 3. The molecule has 1 aliphatic rings. The Hall–Kier alpha value is -6.49. The van der Waals surface area contributed by atoms with Crippen molar-refractivity contribution in [3.8, 4) is 5.75 Å². The third kappa shape index (κ3) is 9.67. The number of carbonyl (C=O) groups excluding carboxylic acids is 1. The Balaban J connectivity index is 1.19. The molecular formula is C36H29N7O11S3. The Morgan fingerprint density at radius 2 is 1.23 bits per heavy atom. The Morgan fingerprint density at radius 1 is 0.614 bits per heavy atom. The van der Waals surface area contributed by atoms with E-state index >= 15 is 0 Å². The summed E-state index contributed by atoms with van der Waals surface area (Å²) >= 11 is 0. The molecule has 0 spiro atoms. The number of ether oxygens (including phenoxy) is 1. The minimum Gasteiger partial charge on any atom is -0.494 e. The summed E-state index contributed by atoms with van der Waals surface area (Å²) in [6, 6.07) is 24.4. The second-order valence-corrected chi connectivity index (χ2v) is 16.3. The van der Waals surface area contributed by atoms with Crippen LogP contribution >= 0.6 is 0 Å².